The molecule has 4 amide bonds. The zero-order chi connectivity index (χ0) is 22.1. The summed E-state index contributed by atoms with van der Waals surface area (Å²) in [6, 6.07) is 10.6. The van der Waals surface area contributed by atoms with Gasteiger partial charge in [0.1, 0.15) is 6.04 Å². The summed E-state index contributed by atoms with van der Waals surface area (Å²) in [5, 5.41) is 14.1. The molecule has 2 aliphatic heterocycles. The Morgan fingerprint density at radius 2 is 1.87 bits per heavy atom. The molecular weight excluding hydrogens is 402 g/mol. The summed E-state index contributed by atoms with van der Waals surface area (Å²) < 4.78 is 0. The van der Waals surface area contributed by atoms with E-state index in [1.54, 1.807) is 42.5 Å². The number of amides is 4. The van der Waals surface area contributed by atoms with Crippen LogP contribution >= 0.6 is 0 Å². The number of aliphatic carboxylic acids is 1. The highest BCUT2D eigenvalue weighted by atomic mass is 16.4. The third-order valence-electron chi connectivity index (χ3n) is 5.43. The standard InChI is InChI=1S/C22H19N3O6/c26-18-9-8-17(21(30)24-18)25-11-15-13(5-3-6-14(15)22(25)31)20(29)23-16-7-2-1-4-12(16)10-19(27)28/h1-7,17H,8-11H2,(H,23,29)(H,27,28)(H,24,26,30). The van der Waals surface area contributed by atoms with Crippen LogP contribution in [0.2, 0.25) is 0 Å². The summed E-state index contributed by atoms with van der Waals surface area (Å²) in [5.74, 6) is -2.76. The number of carboxylic acids is 1. The Morgan fingerprint density at radius 1 is 1.10 bits per heavy atom. The van der Waals surface area contributed by atoms with E-state index < -0.39 is 23.8 Å². The summed E-state index contributed by atoms with van der Waals surface area (Å²) in [5.41, 5.74) is 1.92. The predicted molar refractivity (Wildman–Crippen MR) is 108 cm³/mol. The molecule has 0 saturated carbocycles. The van der Waals surface area contributed by atoms with Crippen LogP contribution in [0, 0.1) is 0 Å². The van der Waals surface area contributed by atoms with Crippen LogP contribution in [0.4, 0.5) is 5.69 Å². The average Bonchev–Trinajstić information content (AvgIpc) is 3.05. The van der Waals surface area contributed by atoms with Crippen molar-refractivity contribution in [1.82, 2.24) is 10.2 Å². The molecule has 158 valence electrons. The molecule has 1 fully saturated rings. The minimum atomic E-state index is -1.02. The zero-order valence-electron chi connectivity index (χ0n) is 16.4. The largest absolute Gasteiger partial charge is 0.481 e. The van der Waals surface area contributed by atoms with Crippen LogP contribution in [0.3, 0.4) is 0 Å². The summed E-state index contributed by atoms with van der Waals surface area (Å²) in [7, 11) is 0. The molecule has 9 heteroatoms. The molecule has 1 unspecified atom stereocenters. The molecule has 0 aliphatic carbocycles. The highest BCUT2D eigenvalue weighted by Gasteiger charge is 2.40. The molecule has 4 rings (SSSR count). The number of benzene rings is 2. The fourth-order valence-electron chi connectivity index (χ4n) is 3.95. The summed E-state index contributed by atoms with van der Waals surface area (Å²) in [6.45, 7) is 0.0702. The minimum Gasteiger partial charge on any atom is -0.481 e. The second-order valence-corrected chi connectivity index (χ2v) is 7.41. The van der Waals surface area contributed by atoms with Crippen molar-refractivity contribution >= 4 is 35.3 Å². The Hall–Kier alpha value is -4.01. The minimum absolute atomic E-state index is 0.0702. The quantitative estimate of drug-likeness (QED) is 0.624. The Labute approximate surface area is 177 Å². The van der Waals surface area contributed by atoms with Crippen molar-refractivity contribution in [3.05, 3.63) is 64.7 Å². The highest BCUT2D eigenvalue weighted by Crippen LogP contribution is 2.30. The zero-order valence-corrected chi connectivity index (χ0v) is 16.4. The summed E-state index contributed by atoms with van der Waals surface area (Å²) in [6.07, 6.45) is 0.129. The number of hydrogen-bond donors (Lipinski definition) is 3. The van der Waals surface area contributed by atoms with Crippen LogP contribution in [0.25, 0.3) is 0 Å². The second-order valence-electron chi connectivity index (χ2n) is 7.41. The summed E-state index contributed by atoms with van der Waals surface area (Å²) in [4.78, 5) is 62.0. The number of piperidine rings is 1. The van der Waals surface area contributed by atoms with Gasteiger partial charge in [0.05, 0.1) is 6.42 Å². The molecule has 0 bridgehead atoms. The van der Waals surface area contributed by atoms with Crippen LogP contribution in [0.5, 0.6) is 0 Å². The fraction of sp³-hybridized carbons (Fsp3) is 0.227. The van der Waals surface area contributed by atoms with Gasteiger partial charge in [0.25, 0.3) is 11.8 Å². The van der Waals surface area contributed by atoms with Gasteiger partial charge in [-0.1, -0.05) is 24.3 Å². The SMILES string of the molecule is O=C(O)Cc1ccccc1NC(=O)c1cccc2c1CN(C1CCC(=O)NC1=O)C2=O. The molecule has 2 heterocycles. The number of carboxylic acid groups (broad SMARTS) is 1. The van der Waals surface area contributed by atoms with Gasteiger partial charge >= 0.3 is 5.97 Å². The Kier molecular flexibility index (Phi) is 5.24. The molecule has 2 aromatic carbocycles. The number of carbonyl (C=O) groups excluding carboxylic acids is 4. The lowest BCUT2D eigenvalue weighted by Gasteiger charge is -2.29. The van der Waals surface area contributed by atoms with E-state index in [0.717, 1.165) is 0 Å². The van der Waals surface area contributed by atoms with Crippen LogP contribution in [0.15, 0.2) is 42.5 Å². The van der Waals surface area contributed by atoms with Crippen LogP contribution in [-0.4, -0.2) is 45.6 Å². The van der Waals surface area contributed by atoms with Gasteiger partial charge in [-0.05, 0) is 35.7 Å². The molecule has 0 spiro atoms. The number of fused-ring (bicyclic) bond motifs is 1. The third-order valence-corrected chi connectivity index (χ3v) is 5.43. The molecule has 0 radical (unpaired) electrons. The number of anilines is 1. The average molecular weight is 421 g/mol. The molecule has 31 heavy (non-hydrogen) atoms. The lowest BCUT2D eigenvalue weighted by atomic mass is 10.0. The number of para-hydroxylation sites is 1. The van der Waals surface area contributed by atoms with E-state index in [-0.39, 0.29) is 43.2 Å². The molecule has 1 atom stereocenters. The normalized spacial score (nSPS) is 17.9. The van der Waals surface area contributed by atoms with Crippen molar-refractivity contribution in [1.29, 1.82) is 0 Å². The Morgan fingerprint density at radius 3 is 2.61 bits per heavy atom. The van der Waals surface area contributed by atoms with Gasteiger partial charge in [-0.3, -0.25) is 29.3 Å². The van der Waals surface area contributed by atoms with Gasteiger partial charge in [0, 0.05) is 29.8 Å². The van der Waals surface area contributed by atoms with Crippen molar-refractivity contribution in [3.8, 4) is 0 Å². The van der Waals surface area contributed by atoms with Gasteiger partial charge in [0.2, 0.25) is 11.8 Å². The predicted octanol–water partition coefficient (Wildman–Crippen LogP) is 1.33. The third kappa shape index (κ3) is 3.89. The number of nitrogens with one attached hydrogen (secondary N) is 2. The smallest absolute Gasteiger partial charge is 0.307 e. The number of imide groups is 1. The van der Waals surface area contributed by atoms with E-state index >= 15 is 0 Å². The number of nitrogens with zero attached hydrogens (tertiary/aromatic N) is 1. The van der Waals surface area contributed by atoms with Crippen molar-refractivity contribution in [3.63, 3.8) is 0 Å². The van der Waals surface area contributed by atoms with E-state index in [2.05, 4.69) is 10.6 Å². The Balaban J connectivity index is 1.59. The van der Waals surface area contributed by atoms with Crippen LogP contribution in [0.1, 0.15) is 44.7 Å². The van der Waals surface area contributed by atoms with E-state index in [1.165, 1.54) is 4.90 Å². The number of carbonyl (C=O) groups is 5. The molecule has 1 saturated heterocycles. The summed E-state index contributed by atoms with van der Waals surface area (Å²) >= 11 is 0. The lowest BCUT2D eigenvalue weighted by molar-refractivity contribution is -0.137. The first-order valence-corrected chi connectivity index (χ1v) is 9.72. The Bertz CT molecular complexity index is 1130. The first-order valence-electron chi connectivity index (χ1n) is 9.72. The van der Waals surface area contributed by atoms with E-state index in [9.17, 15) is 24.0 Å². The molecule has 2 aliphatic rings. The first-order chi connectivity index (χ1) is 14.8. The van der Waals surface area contributed by atoms with Gasteiger partial charge in [-0.15, -0.1) is 0 Å². The molecular formula is C22H19N3O6. The van der Waals surface area contributed by atoms with Gasteiger partial charge in [0.15, 0.2) is 0 Å². The van der Waals surface area contributed by atoms with Gasteiger partial charge in [-0.25, -0.2) is 0 Å². The van der Waals surface area contributed by atoms with Crippen molar-refractivity contribution < 1.29 is 29.1 Å². The van der Waals surface area contributed by atoms with Crippen molar-refractivity contribution in [2.75, 3.05) is 5.32 Å². The maximum Gasteiger partial charge on any atom is 0.307 e. The van der Waals surface area contributed by atoms with E-state index in [4.69, 9.17) is 5.11 Å². The van der Waals surface area contributed by atoms with Crippen molar-refractivity contribution in [2.45, 2.75) is 31.8 Å². The second kappa shape index (κ2) is 8.02. The monoisotopic (exact) mass is 421 g/mol. The first kappa shape index (κ1) is 20.3. The van der Waals surface area contributed by atoms with E-state index in [0.29, 0.717) is 22.4 Å². The topological polar surface area (TPSA) is 133 Å². The van der Waals surface area contributed by atoms with Gasteiger partial charge in [-0.2, -0.15) is 0 Å². The number of hydrogen-bond acceptors (Lipinski definition) is 5. The molecule has 3 N–H and O–H groups in total. The number of rotatable bonds is 5. The maximum absolute atomic E-state index is 13.0. The van der Waals surface area contributed by atoms with Crippen LogP contribution in [-0.2, 0) is 27.3 Å². The van der Waals surface area contributed by atoms with Crippen LogP contribution < -0.4 is 10.6 Å². The highest BCUT2D eigenvalue weighted by molar-refractivity contribution is 6.10. The fourth-order valence-corrected chi connectivity index (χ4v) is 3.95. The molecule has 9 nitrogen and oxygen atoms in total. The molecule has 2 aromatic rings. The maximum atomic E-state index is 13.0. The van der Waals surface area contributed by atoms with Gasteiger partial charge < -0.3 is 15.3 Å². The van der Waals surface area contributed by atoms with E-state index in [1.807, 2.05) is 0 Å². The van der Waals surface area contributed by atoms with Crippen molar-refractivity contribution in [2.24, 2.45) is 0 Å². The molecule has 0 aromatic heterocycles. The lowest BCUT2D eigenvalue weighted by Crippen LogP contribution is -2.52.